The highest BCUT2D eigenvalue weighted by Gasteiger charge is 2.31. The molecule has 0 N–H and O–H groups in total. The highest BCUT2D eigenvalue weighted by Crippen LogP contribution is 2.41. The molecular formula is C19H22N2O2. The van der Waals surface area contributed by atoms with E-state index in [-0.39, 0.29) is 16.7 Å². The normalized spacial score (nSPS) is 17.7. The standard InChI is InChI=1S/C19H22N2O2/c1-14(2)16-10-11-18(21(22)23)19(13-16)20-12-6-9-17(20)15-7-4-3-5-8-15/h3-5,7-8,10-11,13-14,17H,6,9,12H2,1-2H3. The zero-order valence-electron chi connectivity index (χ0n) is 13.6. The smallest absolute Gasteiger partial charge is 0.292 e. The maximum absolute atomic E-state index is 11.5. The number of nitro groups is 1. The Bertz CT molecular complexity index is 698. The maximum atomic E-state index is 11.5. The third-order valence-corrected chi connectivity index (χ3v) is 4.61. The first-order valence-electron chi connectivity index (χ1n) is 8.18. The number of hydrogen-bond acceptors (Lipinski definition) is 3. The lowest BCUT2D eigenvalue weighted by Crippen LogP contribution is -2.23. The van der Waals surface area contributed by atoms with Crippen molar-refractivity contribution in [3.63, 3.8) is 0 Å². The molecule has 0 spiro atoms. The Morgan fingerprint density at radius 3 is 2.57 bits per heavy atom. The van der Waals surface area contributed by atoms with Crippen LogP contribution in [-0.4, -0.2) is 11.5 Å². The Hall–Kier alpha value is -2.36. The molecule has 1 aliphatic rings. The number of nitro benzene ring substituents is 1. The van der Waals surface area contributed by atoms with E-state index in [2.05, 4.69) is 30.9 Å². The lowest BCUT2D eigenvalue weighted by Gasteiger charge is -2.27. The average molecular weight is 310 g/mol. The van der Waals surface area contributed by atoms with Gasteiger partial charge in [0.2, 0.25) is 0 Å². The molecular weight excluding hydrogens is 288 g/mol. The molecule has 4 nitrogen and oxygen atoms in total. The van der Waals surface area contributed by atoms with Gasteiger partial charge in [-0.25, -0.2) is 0 Å². The van der Waals surface area contributed by atoms with Crippen molar-refractivity contribution >= 4 is 11.4 Å². The van der Waals surface area contributed by atoms with Crippen LogP contribution < -0.4 is 4.90 Å². The molecule has 0 saturated carbocycles. The van der Waals surface area contributed by atoms with Crippen molar-refractivity contribution in [2.24, 2.45) is 0 Å². The molecule has 0 aliphatic carbocycles. The predicted molar refractivity (Wildman–Crippen MR) is 92.9 cm³/mol. The number of rotatable bonds is 4. The van der Waals surface area contributed by atoms with E-state index in [1.165, 1.54) is 5.56 Å². The van der Waals surface area contributed by atoms with Gasteiger partial charge in [0.1, 0.15) is 5.69 Å². The zero-order valence-corrected chi connectivity index (χ0v) is 13.6. The fourth-order valence-corrected chi connectivity index (χ4v) is 3.36. The van der Waals surface area contributed by atoms with Crippen LogP contribution in [0.3, 0.4) is 0 Å². The van der Waals surface area contributed by atoms with Gasteiger partial charge in [0, 0.05) is 12.6 Å². The molecule has 4 heteroatoms. The molecule has 23 heavy (non-hydrogen) atoms. The number of nitrogens with zero attached hydrogens (tertiary/aromatic N) is 2. The zero-order chi connectivity index (χ0) is 16.4. The van der Waals surface area contributed by atoms with Crippen LogP contribution in [0.25, 0.3) is 0 Å². The van der Waals surface area contributed by atoms with E-state index in [4.69, 9.17) is 0 Å². The molecule has 0 amide bonds. The Morgan fingerprint density at radius 2 is 1.91 bits per heavy atom. The molecule has 2 aromatic rings. The average Bonchev–Trinajstić information content (AvgIpc) is 3.04. The van der Waals surface area contributed by atoms with E-state index in [0.29, 0.717) is 5.92 Å². The van der Waals surface area contributed by atoms with Crippen molar-refractivity contribution < 1.29 is 4.92 Å². The summed E-state index contributed by atoms with van der Waals surface area (Å²) in [5.41, 5.74) is 3.34. The van der Waals surface area contributed by atoms with Crippen LogP contribution in [0.2, 0.25) is 0 Å². The largest absolute Gasteiger partial charge is 0.359 e. The minimum Gasteiger partial charge on any atom is -0.359 e. The van der Waals surface area contributed by atoms with E-state index < -0.39 is 0 Å². The van der Waals surface area contributed by atoms with Crippen LogP contribution in [0.4, 0.5) is 11.4 Å². The van der Waals surface area contributed by atoms with E-state index in [0.717, 1.165) is 30.6 Å². The van der Waals surface area contributed by atoms with Gasteiger partial charge in [-0.3, -0.25) is 10.1 Å². The Labute approximate surface area is 136 Å². The van der Waals surface area contributed by atoms with E-state index >= 15 is 0 Å². The van der Waals surface area contributed by atoms with Crippen LogP contribution in [0.1, 0.15) is 49.8 Å². The summed E-state index contributed by atoms with van der Waals surface area (Å²) < 4.78 is 0. The first-order chi connectivity index (χ1) is 11.1. The first kappa shape index (κ1) is 15.5. The number of hydrogen-bond donors (Lipinski definition) is 0. The third-order valence-electron chi connectivity index (χ3n) is 4.61. The van der Waals surface area contributed by atoms with Crippen molar-refractivity contribution in [3.8, 4) is 0 Å². The highest BCUT2D eigenvalue weighted by molar-refractivity contribution is 5.66. The monoisotopic (exact) mass is 310 g/mol. The van der Waals surface area contributed by atoms with Gasteiger partial charge < -0.3 is 4.90 Å². The fourth-order valence-electron chi connectivity index (χ4n) is 3.36. The summed E-state index contributed by atoms with van der Waals surface area (Å²) >= 11 is 0. The summed E-state index contributed by atoms with van der Waals surface area (Å²) in [4.78, 5) is 13.4. The van der Waals surface area contributed by atoms with Gasteiger partial charge in [0.25, 0.3) is 5.69 Å². The fraction of sp³-hybridized carbons (Fsp3) is 0.368. The van der Waals surface area contributed by atoms with Gasteiger partial charge in [-0.2, -0.15) is 0 Å². The highest BCUT2D eigenvalue weighted by atomic mass is 16.6. The van der Waals surface area contributed by atoms with E-state index in [1.54, 1.807) is 6.07 Å². The maximum Gasteiger partial charge on any atom is 0.292 e. The Morgan fingerprint density at radius 1 is 1.17 bits per heavy atom. The van der Waals surface area contributed by atoms with Crippen molar-refractivity contribution in [1.29, 1.82) is 0 Å². The molecule has 1 fully saturated rings. The summed E-state index contributed by atoms with van der Waals surface area (Å²) in [6, 6.07) is 16.1. The summed E-state index contributed by atoms with van der Waals surface area (Å²) in [6.07, 6.45) is 2.09. The van der Waals surface area contributed by atoms with Gasteiger partial charge in [0.05, 0.1) is 11.0 Å². The van der Waals surface area contributed by atoms with Crippen LogP contribution in [0, 0.1) is 10.1 Å². The molecule has 1 saturated heterocycles. The minimum atomic E-state index is -0.264. The van der Waals surface area contributed by atoms with Gasteiger partial charge in [-0.05, 0) is 36.0 Å². The first-order valence-corrected chi connectivity index (χ1v) is 8.18. The van der Waals surface area contributed by atoms with E-state index in [9.17, 15) is 10.1 Å². The van der Waals surface area contributed by atoms with Crippen LogP contribution in [0.15, 0.2) is 48.5 Å². The second-order valence-corrected chi connectivity index (χ2v) is 6.42. The topological polar surface area (TPSA) is 46.4 Å². The second-order valence-electron chi connectivity index (χ2n) is 6.42. The number of anilines is 1. The molecule has 1 heterocycles. The lowest BCUT2D eigenvalue weighted by molar-refractivity contribution is -0.384. The molecule has 1 atom stereocenters. The number of benzene rings is 2. The van der Waals surface area contributed by atoms with Gasteiger partial charge in [-0.1, -0.05) is 50.2 Å². The molecule has 0 aromatic heterocycles. The molecule has 2 aromatic carbocycles. The predicted octanol–water partition coefficient (Wildman–Crippen LogP) is 5.06. The van der Waals surface area contributed by atoms with Gasteiger partial charge in [-0.15, -0.1) is 0 Å². The quantitative estimate of drug-likeness (QED) is 0.585. The Kier molecular flexibility index (Phi) is 4.33. The SMILES string of the molecule is CC(C)c1ccc([N+](=O)[O-])c(N2CCCC2c2ccccc2)c1. The van der Waals surface area contributed by atoms with Crippen molar-refractivity contribution in [1.82, 2.24) is 0 Å². The lowest BCUT2D eigenvalue weighted by atomic mass is 10.00. The van der Waals surface area contributed by atoms with Crippen molar-refractivity contribution in [3.05, 3.63) is 69.8 Å². The summed E-state index contributed by atoms with van der Waals surface area (Å²) in [6.45, 7) is 5.09. The molecule has 0 radical (unpaired) electrons. The van der Waals surface area contributed by atoms with Crippen LogP contribution in [0.5, 0.6) is 0 Å². The van der Waals surface area contributed by atoms with Crippen LogP contribution in [-0.2, 0) is 0 Å². The summed E-state index contributed by atoms with van der Waals surface area (Å²) in [5.74, 6) is 0.354. The molecule has 3 rings (SSSR count). The van der Waals surface area contributed by atoms with Crippen molar-refractivity contribution in [2.75, 3.05) is 11.4 Å². The third kappa shape index (κ3) is 3.07. The summed E-state index contributed by atoms with van der Waals surface area (Å²) in [5, 5.41) is 11.5. The van der Waals surface area contributed by atoms with E-state index in [1.807, 2.05) is 30.3 Å². The molecule has 0 bridgehead atoms. The molecule has 1 aliphatic heterocycles. The van der Waals surface area contributed by atoms with Gasteiger partial charge in [0.15, 0.2) is 0 Å². The van der Waals surface area contributed by atoms with Crippen molar-refractivity contribution in [2.45, 2.75) is 38.6 Å². The molecule has 120 valence electrons. The minimum absolute atomic E-state index is 0.206. The second kappa shape index (κ2) is 6.41. The Balaban J connectivity index is 2.05. The van der Waals surface area contributed by atoms with Gasteiger partial charge >= 0.3 is 0 Å². The molecule has 1 unspecified atom stereocenters. The summed E-state index contributed by atoms with van der Waals surface area (Å²) in [7, 11) is 0. The van der Waals surface area contributed by atoms with Crippen LogP contribution >= 0.6 is 0 Å².